The Labute approximate surface area is 612 Å². The lowest BCUT2D eigenvalue weighted by atomic mass is 9.78. The van der Waals surface area contributed by atoms with Crippen molar-refractivity contribution < 1.29 is 90.9 Å². The number of hydrogen-bond acceptors (Lipinski definition) is 25. The van der Waals surface area contributed by atoms with Crippen LogP contribution in [0.15, 0.2) is 10.2 Å². The number of Topliss-reactive ketones (excluding diaryl/α,β-unsaturated/α-hetero) is 2. The maximum atomic E-state index is 14.3. The molecule has 26 atom stereocenters. The second kappa shape index (κ2) is 40.9. The van der Waals surface area contributed by atoms with E-state index in [0.717, 1.165) is 7.11 Å². The summed E-state index contributed by atoms with van der Waals surface area (Å²) in [4.78, 5) is 96.0. The molecule has 0 spiro atoms. The van der Waals surface area contributed by atoms with Crippen molar-refractivity contribution in [2.24, 2.45) is 45.7 Å². The number of unbranched alkanes of at least 4 members (excludes halogenated alkanes) is 2. The van der Waals surface area contributed by atoms with Gasteiger partial charge in [-0.25, -0.2) is 9.59 Å². The van der Waals surface area contributed by atoms with Crippen LogP contribution < -0.4 is 10.6 Å². The molecule has 103 heavy (non-hydrogen) atoms. The van der Waals surface area contributed by atoms with Gasteiger partial charge in [0.1, 0.15) is 35.8 Å². The van der Waals surface area contributed by atoms with E-state index < -0.39 is 143 Å². The van der Waals surface area contributed by atoms with E-state index >= 15 is 0 Å². The van der Waals surface area contributed by atoms with Crippen LogP contribution in [0.5, 0.6) is 0 Å². The molecule has 0 aliphatic carbocycles. The predicted molar refractivity (Wildman–Crippen MR) is 386 cm³/mol. The van der Waals surface area contributed by atoms with Crippen LogP contribution in [0.4, 0.5) is 9.59 Å². The predicted octanol–water partition coefficient (Wildman–Crippen LogP) is 9.02. The number of likely N-dealkylation sites (N-methyl/N-ethyl adjacent to an activating group) is 1. The van der Waals surface area contributed by atoms with Crippen LogP contribution in [0.2, 0.25) is 0 Å². The van der Waals surface area contributed by atoms with E-state index in [0.29, 0.717) is 103 Å². The largest absolute Gasteiger partial charge is 0.458 e. The Kier molecular flexibility index (Phi) is 35.9. The number of ketones is 2. The summed E-state index contributed by atoms with van der Waals surface area (Å²) in [5, 5.41) is 32.8. The molecule has 6 aliphatic rings. The normalized spacial score (nSPS) is 39.7. The minimum Gasteiger partial charge on any atom is -0.458 e. The van der Waals surface area contributed by atoms with Gasteiger partial charge in [-0.1, -0.05) is 51.8 Å². The summed E-state index contributed by atoms with van der Waals surface area (Å²) in [5.74, 6) is -6.33. The topological polar surface area (TPSA) is 387 Å². The Morgan fingerprint density at radius 1 is 0.602 bits per heavy atom. The summed E-state index contributed by atoms with van der Waals surface area (Å²) in [6.45, 7) is 31.9. The molecule has 0 aromatic carbocycles. The quantitative estimate of drug-likeness (QED) is 0.0122. The number of aliphatic hydroxyl groups excluding tert-OH is 2. The number of cyclic esters (lactones) is 2. The van der Waals surface area contributed by atoms with E-state index in [1.165, 1.54) is 13.8 Å². The fraction of sp³-hybridized carbons (Fsp3) is 0.915. The molecule has 0 radical (unpaired) electrons. The lowest BCUT2D eigenvalue weighted by Crippen LogP contribution is -2.61. The van der Waals surface area contributed by atoms with E-state index in [4.69, 9.17) is 63.5 Å². The SMILES string of the molecule is CC[C@H]1OC(=O)[C@H](C)C(=O)[C@H](C)[C@@H](O[C@@H]2OC(C)CC(N(C)C)C2O)[C@](C)(OC)C[C@@H](C)CN[C@H](C)[C@H]2N(CCCCN=[N+]=[N-])C(=O)O[C@]12C.CC[C@H]1OC(=O)[C@H](C)C(=O)[C@H](C)[C@@H](O[C@@H]2OC(C)CC(N(C)C)C2P=O)[C@](C)(OC)C[C@@H](C)CN[C@H](C)[C@H]2N(CCCCN=[N+]=[N-])C(=O)O[C@]12C.CO. The van der Waals surface area contributed by atoms with Crippen molar-refractivity contribution in [3.05, 3.63) is 20.9 Å². The summed E-state index contributed by atoms with van der Waals surface area (Å²) < 4.78 is 75.1. The van der Waals surface area contributed by atoms with Crippen LogP contribution >= 0.6 is 8.46 Å². The minimum atomic E-state index is -1.23. The van der Waals surface area contributed by atoms with Gasteiger partial charge in [0, 0.05) is 93.3 Å². The number of carbonyl (C=O) groups is 6. The van der Waals surface area contributed by atoms with Gasteiger partial charge in [0.2, 0.25) is 0 Å². The Morgan fingerprint density at radius 2 is 0.971 bits per heavy atom. The number of azide groups is 2. The highest BCUT2D eigenvalue weighted by atomic mass is 31.1. The Bertz CT molecular complexity index is 2860. The number of amides is 2. The molecule has 6 fully saturated rings. The number of fused-ring (bicyclic) bond motifs is 2. The van der Waals surface area contributed by atoms with Gasteiger partial charge in [-0.3, -0.25) is 33.5 Å². The second-order valence-corrected chi connectivity index (χ2v) is 31.4. The standard InChI is InChI=1S/C35H61N6O9P.C35H62N6O9.CH4O/c1-12-26-35(8)29(41(33(44)50-35)16-14-13-15-38-39-36)24(6)37-19-20(2)18-34(7,46-11)30(22(4)27(42)23(5)31(43)48-26)49-32-28(51-45)25(40(9)10)17-21(3)47-32;1-12-26-35(8)29(41(33(45)50-35)16-14-13-15-38-39-36)24(6)37-19-20(2)18-34(7,46-11)30(22(4)27(42)23(5)31(44)48-26)49-32-28(43)25(40(9)10)17-21(3)47-32;1-2/h20-26,28-30,32,37H,12-19H2,1-11H3;20-26,28-30,32,37,43H,12-19H2,1-11H3;2H,1H3/t2*20-,21?,22+,23-,24-,25?,26-,28?,29-,30-,32+,34-,35-;/m11./s1. The van der Waals surface area contributed by atoms with Crippen molar-refractivity contribution in [2.75, 3.05) is 88.8 Å². The third kappa shape index (κ3) is 22.1. The van der Waals surface area contributed by atoms with Gasteiger partial charge in [-0.2, -0.15) is 0 Å². The van der Waals surface area contributed by atoms with Gasteiger partial charge in [0.15, 0.2) is 43.8 Å². The molecule has 6 saturated heterocycles. The van der Waals surface area contributed by atoms with Crippen LogP contribution in [-0.2, 0) is 71.1 Å². The molecule has 2 amide bonds. The van der Waals surface area contributed by atoms with Crippen LogP contribution in [-0.4, -0.2) is 274 Å². The molecule has 6 rings (SSSR count). The molecule has 0 bridgehead atoms. The lowest BCUT2D eigenvalue weighted by molar-refractivity contribution is -0.295. The van der Waals surface area contributed by atoms with Crippen molar-refractivity contribution in [3.8, 4) is 0 Å². The van der Waals surface area contributed by atoms with Gasteiger partial charge in [-0.15, -0.1) is 0 Å². The van der Waals surface area contributed by atoms with Gasteiger partial charge >= 0.3 is 24.1 Å². The van der Waals surface area contributed by atoms with E-state index in [1.54, 1.807) is 51.7 Å². The first-order chi connectivity index (χ1) is 48.4. The number of nitrogens with zero attached hydrogens (tertiary/aromatic N) is 10. The zero-order chi connectivity index (χ0) is 77.8. The molecule has 0 aromatic rings. The lowest BCUT2D eigenvalue weighted by Gasteiger charge is -2.46. The number of carbonyl (C=O) groups excluding carboxylic acids is 6. The minimum absolute atomic E-state index is 0.00887. The third-order valence-electron chi connectivity index (χ3n) is 22.2. The number of rotatable bonds is 21. The number of esters is 2. The molecule has 6 aliphatic heterocycles. The Balaban J connectivity index is 0.000000426. The molecule has 32 heteroatoms. The number of methoxy groups -OCH3 is 2. The zero-order valence-corrected chi connectivity index (χ0v) is 66.7. The number of hydrogen-bond donors (Lipinski definition) is 4. The number of aliphatic hydroxyl groups is 2. The van der Waals surface area contributed by atoms with Gasteiger partial charge in [0.05, 0.1) is 47.7 Å². The first-order valence-corrected chi connectivity index (χ1v) is 37.8. The van der Waals surface area contributed by atoms with E-state index in [9.17, 15) is 38.4 Å². The smallest absolute Gasteiger partial charge is 0.410 e. The number of ether oxygens (including phenoxy) is 10. The zero-order valence-electron chi connectivity index (χ0n) is 65.8. The molecule has 590 valence electrons. The molecule has 0 saturated carbocycles. The van der Waals surface area contributed by atoms with Crippen molar-refractivity contribution in [1.29, 1.82) is 0 Å². The van der Waals surface area contributed by atoms with Gasteiger partial charge < -0.3 is 78.0 Å². The van der Waals surface area contributed by atoms with Crippen molar-refractivity contribution in [2.45, 2.75) is 295 Å². The van der Waals surface area contributed by atoms with Crippen LogP contribution in [0.1, 0.15) is 175 Å². The van der Waals surface area contributed by atoms with Gasteiger partial charge in [-0.05, 0) is 198 Å². The maximum Gasteiger partial charge on any atom is 0.410 e. The molecule has 0 aromatic heterocycles. The molecule has 6 heterocycles. The summed E-state index contributed by atoms with van der Waals surface area (Å²) >= 11 is 0. The first-order valence-electron chi connectivity index (χ1n) is 36.9. The fourth-order valence-corrected chi connectivity index (χ4v) is 17.2. The highest BCUT2D eigenvalue weighted by Gasteiger charge is 2.61. The van der Waals surface area contributed by atoms with Crippen molar-refractivity contribution in [1.82, 2.24) is 30.2 Å². The van der Waals surface area contributed by atoms with Crippen molar-refractivity contribution in [3.63, 3.8) is 0 Å². The van der Waals surface area contributed by atoms with E-state index in [2.05, 4.69) is 44.5 Å². The van der Waals surface area contributed by atoms with Crippen molar-refractivity contribution >= 4 is 44.2 Å². The second-order valence-electron chi connectivity index (χ2n) is 30.6. The Morgan fingerprint density at radius 3 is 1.32 bits per heavy atom. The molecule has 6 unspecified atom stereocenters. The first kappa shape index (κ1) is 90.5. The van der Waals surface area contributed by atoms with Crippen LogP contribution in [0, 0.1) is 35.5 Å². The average molecular weight is 1480 g/mol. The molecular formula is C71H127N12O19P. The molecular weight excluding hydrogens is 1360 g/mol. The van der Waals surface area contributed by atoms with Crippen LogP contribution in [0.3, 0.4) is 0 Å². The maximum absolute atomic E-state index is 14.3. The van der Waals surface area contributed by atoms with Crippen LogP contribution in [0.25, 0.3) is 20.9 Å². The third-order valence-corrected chi connectivity index (χ3v) is 23.0. The fourth-order valence-electron chi connectivity index (χ4n) is 16.5. The average Bonchev–Trinajstić information content (AvgIpc) is 1.63. The molecule has 4 N–H and O–H groups in total. The summed E-state index contributed by atoms with van der Waals surface area (Å²) in [7, 11) is 11.7. The highest BCUT2D eigenvalue weighted by Crippen LogP contribution is 2.44. The summed E-state index contributed by atoms with van der Waals surface area (Å²) in [6.07, 6.45) is -2.58. The summed E-state index contributed by atoms with van der Waals surface area (Å²) in [6, 6.07) is -1.95. The van der Waals surface area contributed by atoms with Gasteiger partial charge in [0.25, 0.3) is 0 Å². The monoisotopic (exact) mass is 1480 g/mol. The Hall–Kier alpha value is -4.94. The highest BCUT2D eigenvalue weighted by molar-refractivity contribution is 7.25. The summed E-state index contributed by atoms with van der Waals surface area (Å²) in [5.41, 5.74) is 12.3. The molecule has 31 nitrogen and oxygen atoms in total. The number of nitrogens with one attached hydrogen (secondary N) is 2. The van der Waals surface area contributed by atoms with E-state index in [-0.39, 0.29) is 56.7 Å². The van der Waals surface area contributed by atoms with E-state index in [1.807, 2.05) is 93.4 Å².